The van der Waals surface area contributed by atoms with Crippen molar-refractivity contribution < 1.29 is 4.42 Å². The molecule has 2 atom stereocenters. The molecule has 26 heavy (non-hydrogen) atoms. The Bertz CT molecular complexity index is 1020. The molecule has 2 aromatic heterocycles. The Labute approximate surface area is 150 Å². The van der Waals surface area contributed by atoms with Crippen molar-refractivity contribution in [2.45, 2.75) is 32.4 Å². The highest BCUT2D eigenvalue weighted by Crippen LogP contribution is 2.31. The van der Waals surface area contributed by atoms with Gasteiger partial charge in [-0.3, -0.25) is 14.8 Å². The lowest BCUT2D eigenvalue weighted by molar-refractivity contribution is 0.471. The number of rotatable bonds is 4. The summed E-state index contributed by atoms with van der Waals surface area (Å²) in [7, 11) is 0. The SMILES string of the molecule is Cc1oc2ccccc2c1C(C)N[C@H]1CCN(c2cc(=O)[nH]c(=O)[nH]2)C1. The van der Waals surface area contributed by atoms with E-state index >= 15 is 0 Å². The number of hydrogen-bond donors (Lipinski definition) is 3. The van der Waals surface area contributed by atoms with Crippen molar-refractivity contribution in [3.8, 4) is 0 Å². The topological polar surface area (TPSA) is 94.1 Å². The molecular weight excluding hydrogens is 332 g/mol. The van der Waals surface area contributed by atoms with Crippen molar-refractivity contribution in [2.24, 2.45) is 0 Å². The molecule has 0 saturated carbocycles. The number of anilines is 1. The molecule has 3 aromatic rings. The Kier molecular flexibility index (Phi) is 4.16. The third kappa shape index (κ3) is 3.06. The van der Waals surface area contributed by atoms with Crippen molar-refractivity contribution in [1.29, 1.82) is 0 Å². The second kappa shape index (κ2) is 6.49. The van der Waals surface area contributed by atoms with E-state index in [4.69, 9.17) is 4.42 Å². The molecule has 0 radical (unpaired) electrons. The fraction of sp³-hybridized carbons (Fsp3) is 0.368. The highest BCUT2D eigenvalue weighted by molar-refractivity contribution is 5.82. The summed E-state index contributed by atoms with van der Waals surface area (Å²) in [6.07, 6.45) is 0.938. The van der Waals surface area contributed by atoms with Crippen LogP contribution in [0.4, 0.5) is 5.82 Å². The van der Waals surface area contributed by atoms with E-state index in [0.29, 0.717) is 5.82 Å². The maximum absolute atomic E-state index is 11.5. The molecule has 1 aliphatic rings. The molecule has 0 spiro atoms. The monoisotopic (exact) mass is 354 g/mol. The first-order chi connectivity index (χ1) is 12.5. The number of nitrogens with one attached hydrogen (secondary N) is 3. The van der Waals surface area contributed by atoms with Gasteiger partial charge in [0.25, 0.3) is 5.56 Å². The maximum Gasteiger partial charge on any atom is 0.327 e. The molecule has 0 aliphatic carbocycles. The standard InChI is InChI=1S/C19H22N4O3/c1-11(18-12(2)26-15-6-4-3-5-14(15)18)20-13-7-8-23(10-13)16-9-17(24)22-19(25)21-16/h3-6,9,11,13,20H,7-8,10H2,1-2H3,(H2,21,22,24,25)/t11?,13-/m0/s1. The first-order valence-electron chi connectivity index (χ1n) is 8.84. The lowest BCUT2D eigenvalue weighted by Crippen LogP contribution is -2.35. The molecule has 3 heterocycles. The molecule has 1 aromatic carbocycles. The van der Waals surface area contributed by atoms with Gasteiger partial charge < -0.3 is 14.6 Å². The lowest BCUT2D eigenvalue weighted by Gasteiger charge is -2.21. The van der Waals surface area contributed by atoms with Gasteiger partial charge in [-0.15, -0.1) is 0 Å². The Morgan fingerprint density at radius 2 is 2.08 bits per heavy atom. The molecule has 1 unspecified atom stereocenters. The van der Waals surface area contributed by atoms with Crippen LogP contribution >= 0.6 is 0 Å². The highest BCUT2D eigenvalue weighted by atomic mass is 16.3. The third-order valence-electron chi connectivity index (χ3n) is 5.01. The van der Waals surface area contributed by atoms with Crippen molar-refractivity contribution >= 4 is 16.8 Å². The van der Waals surface area contributed by atoms with E-state index in [9.17, 15) is 9.59 Å². The Balaban J connectivity index is 1.50. The summed E-state index contributed by atoms with van der Waals surface area (Å²) in [6.45, 7) is 5.66. The summed E-state index contributed by atoms with van der Waals surface area (Å²) < 4.78 is 5.87. The molecule has 1 fully saturated rings. The first kappa shape index (κ1) is 16.7. The molecule has 0 amide bonds. The third-order valence-corrected chi connectivity index (χ3v) is 5.01. The quantitative estimate of drug-likeness (QED) is 0.667. The van der Waals surface area contributed by atoms with Crippen LogP contribution in [0.3, 0.4) is 0 Å². The van der Waals surface area contributed by atoms with Crippen molar-refractivity contribution in [3.63, 3.8) is 0 Å². The van der Waals surface area contributed by atoms with Crippen LogP contribution in [-0.4, -0.2) is 29.1 Å². The molecule has 4 rings (SSSR count). The molecular formula is C19H22N4O3. The van der Waals surface area contributed by atoms with E-state index in [1.807, 2.05) is 30.0 Å². The highest BCUT2D eigenvalue weighted by Gasteiger charge is 2.26. The van der Waals surface area contributed by atoms with E-state index in [0.717, 1.165) is 36.2 Å². The normalized spacial score (nSPS) is 18.5. The predicted octanol–water partition coefficient (Wildman–Crippen LogP) is 2.05. The second-order valence-electron chi connectivity index (χ2n) is 6.86. The summed E-state index contributed by atoms with van der Waals surface area (Å²) in [5, 5.41) is 4.80. The van der Waals surface area contributed by atoms with Crippen LogP contribution in [0.15, 0.2) is 44.3 Å². The summed E-state index contributed by atoms with van der Waals surface area (Å²) in [5.74, 6) is 1.50. The van der Waals surface area contributed by atoms with Crippen LogP contribution < -0.4 is 21.5 Å². The minimum atomic E-state index is -0.474. The molecule has 0 bridgehead atoms. The summed E-state index contributed by atoms with van der Waals surface area (Å²) >= 11 is 0. The van der Waals surface area contributed by atoms with Gasteiger partial charge in [0.1, 0.15) is 17.2 Å². The van der Waals surface area contributed by atoms with Crippen LogP contribution in [0.2, 0.25) is 0 Å². The molecule has 136 valence electrons. The largest absolute Gasteiger partial charge is 0.461 e. The zero-order chi connectivity index (χ0) is 18.3. The number of aryl methyl sites for hydroxylation is 1. The van der Waals surface area contributed by atoms with E-state index in [1.165, 1.54) is 11.6 Å². The second-order valence-corrected chi connectivity index (χ2v) is 6.86. The van der Waals surface area contributed by atoms with Crippen LogP contribution in [0.5, 0.6) is 0 Å². The average Bonchev–Trinajstić information content (AvgIpc) is 3.17. The van der Waals surface area contributed by atoms with Gasteiger partial charge in [0, 0.05) is 42.2 Å². The fourth-order valence-corrected chi connectivity index (χ4v) is 3.90. The Hall–Kier alpha value is -2.80. The van der Waals surface area contributed by atoms with Gasteiger partial charge in [-0.1, -0.05) is 18.2 Å². The van der Waals surface area contributed by atoms with Gasteiger partial charge in [0.15, 0.2) is 0 Å². The van der Waals surface area contributed by atoms with E-state index in [2.05, 4.69) is 28.3 Å². The summed E-state index contributed by atoms with van der Waals surface area (Å²) in [6, 6.07) is 9.91. The number of furan rings is 1. The van der Waals surface area contributed by atoms with Gasteiger partial charge in [0.2, 0.25) is 0 Å². The number of fused-ring (bicyclic) bond motifs is 1. The van der Waals surface area contributed by atoms with E-state index < -0.39 is 5.69 Å². The van der Waals surface area contributed by atoms with E-state index in [-0.39, 0.29) is 17.6 Å². The van der Waals surface area contributed by atoms with Gasteiger partial charge in [0.05, 0.1) is 0 Å². The number of aromatic amines is 2. The van der Waals surface area contributed by atoms with E-state index in [1.54, 1.807) is 0 Å². The summed E-state index contributed by atoms with van der Waals surface area (Å²) in [5.41, 5.74) is 1.23. The smallest absolute Gasteiger partial charge is 0.327 e. The molecule has 3 N–H and O–H groups in total. The van der Waals surface area contributed by atoms with Gasteiger partial charge in [-0.25, -0.2) is 4.79 Å². The predicted molar refractivity (Wildman–Crippen MR) is 101 cm³/mol. The first-order valence-corrected chi connectivity index (χ1v) is 8.84. The van der Waals surface area contributed by atoms with Crippen LogP contribution in [0.25, 0.3) is 11.0 Å². The average molecular weight is 354 g/mol. The zero-order valence-electron chi connectivity index (χ0n) is 14.8. The number of benzene rings is 1. The number of H-pyrrole nitrogens is 2. The zero-order valence-corrected chi connectivity index (χ0v) is 14.8. The van der Waals surface area contributed by atoms with Gasteiger partial charge >= 0.3 is 5.69 Å². The van der Waals surface area contributed by atoms with Crippen LogP contribution in [-0.2, 0) is 0 Å². The minimum Gasteiger partial charge on any atom is -0.461 e. The summed E-state index contributed by atoms with van der Waals surface area (Å²) in [4.78, 5) is 29.9. The molecule has 7 heteroatoms. The van der Waals surface area contributed by atoms with Crippen LogP contribution in [0.1, 0.15) is 30.7 Å². The number of aromatic nitrogens is 2. The van der Waals surface area contributed by atoms with Crippen molar-refractivity contribution in [3.05, 3.63) is 62.5 Å². The number of hydrogen-bond acceptors (Lipinski definition) is 5. The van der Waals surface area contributed by atoms with Crippen LogP contribution in [0, 0.1) is 6.92 Å². The molecule has 7 nitrogen and oxygen atoms in total. The minimum absolute atomic E-state index is 0.141. The van der Waals surface area contributed by atoms with Gasteiger partial charge in [-0.2, -0.15) is 0 Å². The Morgan fingerprint density at radius 1 is 1.27 bits per heavy atom. The van der Waals surface area contributed by atoms with Crippen molar-refractivity contribution in [1.82, 2.24) is 15.3 Å². The lowest BCUT2D eigenvalue weighted by atomic mass is 10.0. The van der Waals surface area contributed by atoms with Gasteiger partial charge in [-0.05, 0) is 26.3 Å². The number of nitrogens with zero attached hydrogens (tertiary/aromatic N) is 1. The maximum atomic E-state index is 11.5. The van der Waals surface area contributed by atoms with Crippen molar-refractivity contribution in [2.75, 3.05) is 18.0 Å². The Morgan fingerprint density at radius 3 is 2.88 bits per heavy atom. The fourth-order valence-electron chi connectivity index (χ4n) is 3.90. The number of para-hydroxylation sites is 1. The molecule has 1 saturated heterocycles. The molecule has 1 aliphatic heterocycles.